The van der Waals surface area contributed by atoms with Crippen molar-refractivity contribution in [2.45, 2.75) is 13.0 Å². The van der Waals surface area contributed by atoms with Gasteiger partial charge < -0.3 is 20.2 Å². The van der Waals surface area contributed by atoms with Crippen molar-refractivity contribution in [1.82, 2.24) is 10.2 Å². The molecule has 108 valence electrons. The van der Waals surface area contributed by atoms with Crippen LogP contribution in [0, 0.1) is 0 Å². The van der Waals surface area contributed by atoms with E-state index < -0.39 is 12.0 Å². The number of carbonyl (C=O) groups excluding carboxylic acids is 1. The molecule has 0 radical (unpaired) electrons. The molecule has 1 aliphatic heterocycles. The minimum Gasteiger partial charge on any atom is -0.480 e. The minimum absolute atomic E-state index is 0.312. The quantitative estimate of drug-likeness (QED) is 0.864. The molecular weight excluding hydrogens is 258 g/mol. The summed E-state index contributed by atoms with van der Waals surface area (Å²) in [7, 11) is 0. The Kier molecular flexibility index (Phi) is 4.45. The van der Waals surface area contributed by atoms with Crippen molar-refractivity contribution < 1.29 is 14.7 Å². The second-order valence-electron chi connectivity index (χ2n) is 4.82. The molecular formula is C14H19N3O3. The second kappa shape index (κ2) is 6.27. The molecule has 1 aromatic carbocycles. The Labute approximate surface area is 118 Å². The SMILES string of the molecule is C[C@@H](NC(=O)N1CCN(c2ccccc2)CC1)C(=O)O. The first-order valence-electron chi connectivity index (χ1n) is 6.66. The smallest absolute Gasteiger partial charge is 0.325 e. The lowest BCUT2D eigenvalue weighted by molar-refractivity contribution is -0.138. The molecule has 1 aliphatic rings. The topological polar surface area (TPSA) is 72.9 Å². The number of nitrogens with one attached hydrogen (secondary N) is 1. The van der Waals surface area contributed by atoms with Crippen molar-refractivity contribution in [2.24, 2.45) is 0 Å². The average Bonchev–Trinajstić information content (AvgIpc) is 2.48. The van der Waals surface area contributed by atoms with Gasteiger partial charge in [0, 0.05) is 31.9 Å². The summed E-state index contributed by atoms with van der Waals surface area (Å²) in [5, 5.41) is 11.3. The van der Waals surface area contributed by atoms with Crippen molar-refractivity contribution in [3.8, 4) is 0 Å². The number of carbonyl (C=O) groups is 2. The zero-order valence-electron chi connectivity index (χ0n) is 11.5. The third kappa shape index (κ3) is 3.40. The molecule has 0 saturated carbocycles. The first kappa shape index (κ1) is 14.2. The van der Waals surface area contributed by atoms with Gasteiger partial charge in [-0.1, -0.05) is 18.2 Å². The molecule has 1 saturated heterocycles. The molecule has 6 nitrogen and oxygen atoms in total. The van der Waals surface area contributed by atoms with E-state index in [-0.39, 0.29) is 6.03 Å². The number of piperazine rings is 1. The lowest BCUT2D eigenvalue weighted by Gasteiger charge is -2.36. The Morgan fingerprint density at radius 2 is 1.75 bits per heavy atom. The van der Waals surface area contributed by atoms with Gasteiger partial charge in [0.25, 0.3) is 0 Å². The molecule has 1 heterocycles. The van der Waals surface area contributed by atoms with Crippen LogP contribution in [0.5, 0.6) is 0 Å². The third-order valence-corrected chi connectivity index (χ3v) is 3.40. The number of rotatable bonds is 3. The number of para-hydroxylation sites is 1. The van der Waals surface area contributed by atoms with E-state index in [1.165, 1.54) is 6.92 Å². The fourth-order valence-electron chi connectivity index (χ4n) is 2.14. The number of aliphatic carboxylic acids is 1. The summed E-state index contributed by atoms with van der Waals surface area (Å²) in [5.74, 6) is -1.03. The third-order valence-electron chi connectivity index (χ3n) is 3.40. The van der Waals surface area contributed by atoms with Gasteiger partial charge in [0.05, 0.1) is 0 Å². The van der Waals surface area contributed by atoms with Crippen molar-refractivity contribution in [2.75, 3.05) is 31.1 Å². The Hall–Kier alpha value is -2.24. The Morgan fingerprint density at radius 1 is 1.15 bits per heavy atom. The maximum atomic E-state index is 11.9. The van der Waals surface area contributed by atoms with Gasteiger partial charge >= 0.3 is 12.0 Å². The van der Waals surface area contributed by atoms with E-state index in [1.54, 1.807) is 4.90 Å². The molecule has 2 N–H and O–H groups in total. The summed E-state index contributed by atoms with van der Waals surface area (Å²) in [6.45, 7) is 4.14. The van der Waals surface area contributed by atoms with Crippen LogP contribution >= 0.6 is 0 Å². The van der Waals surface area contributed by atoms with Gasteiger partial charge in [-0.25, -0.2) is 4.79 Å². The van der Waals surface area contributed by atoms with Crippen LogP contribution in [0.15, 0.2) is 30.3 Å². The number of urea groups is 1. The van der Waals surface area contributed by atoms with E-state index in [2.05, 4.69) is 10.2 Å². The molecule has 20 heavy (non-hydrogen) atoms. The lowest BCUT2D eigenvalue weighted by Crippen LogP contribution is -2.54. The van der Waals surface area contributed by atoms with Crippen LogP contribution in [0.3, 0.4) is 0 Å². The number of amides is 2. The van der Waals surface area contributed by atoms with E-state index in [0.717, 1.165) is 18.8 Å². The standard InChI is InChI=1S/C14H19N3O3/c1-11(13(18)19)15-14(20)17-9-7-16(8-10-17)12-5-3-2-4-6-12/h2-6,11H,7-10H2,1H3,(H,15,20)(H,18,19)/t11-/m1/s1. The van der Waals surface area contributed by atoms with E-state index in [1.807, 2.05) is 30.3 Å². The minimum atomic E-state index is -1.03. The summed E-state index contributed by atoms with van der Waals surface area (Å²) in [5.41, 5.74) is 1.14. The van der Waals surface area contributed by atoms with Gasteiger partial charge in [-0.05, 0) is 19.1 Å². The van der Waals surface area contributed by atoms with Gasteiger partial charge in [-0.3, -0.25) is 4.79 Å². The monoisotopic (exact) mass is 277 g/mol. The molecule has 1 aromatic rings. The molecule has 0 unspecified atom stereocenters. The molecule has 1 fully saturated rings. The normalized spacial score (nSPS) is 16.6. The van der Waals surface area contributed by atoms with Gasteiger partial charge in [0.1, 0.15) is 6.04 Å². The number of nitrogens with zero attached hydrogens (tertiary/aromatic N) is 2. The summed E-state index contributed by atoms with van der Waals surface area (Å²) >= 11 is 0. The average molecular weight is 277 g/mol. The molecule has 0 bridgehead atoms. The molecule has 6 heteroatoms. The highest BCUT2D eigenvalue weighted by Gasteiger charge is 2.23. The van der Waals surface area contributed by atoms with Crippen LogP contribution in [-0.4, -0.2) is 54.2 Å². The molecule has 1 atom stereocenters. The highest BCUT2D eigenvalue weighted by molar-refractivity contribution is 5.82. The van der Waals surface area contributed by atoms with Crippen molar-refractivity contribution >= 4 is 17.7 Å². The van der Waals surface area contributed by atoms with Crippen LogP contribution < -0.4 is 10.2 Å². The van der Waals surface area contributed by atoms with Crippen LogP contribution in [0.25, 0.3) is 0 Å². The van der Waals surface area contributed by atoms with Crippen LogP contribution in [0.1, 0.15) is 6.92 Å². The molecule has 2 amide bonds. The number of anilines is 1. The van der Waals surface area contributed by atoms with Crippen molar-refractivity contribution in [1.29, 1.82) is 0 Å². The summed E-state index contributed by atoms with van der Waals surface area (Å²) in [6.07, 6.45) is 0. The molecule has 0 spiro atoms. The Morgan fingerprint density at radius 3 is 2.30 bits per heavy atom. The number of hydrogen-bond donors (Lipinski definition) is 2. The zero-order chi connectivity index (χ0) is 14.5. The predicted octanol–water partition coefficient (Wildman–Crippen LogP) is 0.991. The van der Waals surface area contributed by atoms with Crippen LogP contribution in [0.4, 0.5) is 10.5 Å². The van der Waals surface area contributed by atoms with Gasteiger partial charge in [-0.15, -0.1) is 0 Å². The highest BCUT2D eigenvalue weighted by Crippen LogP contribution is 2.15. The fraction of sp³-hybridized carbons (Fsp3) is 0.429. The molecule has 2 rings (SSSR count). The molecule has 0 aromatic heterocycles. The first-order valence-corrected chi connectivity index (χ1v) is 6.66. The first-order chi connectivity index (χ1) is 9.58. The number of carboxylic acid groups (broad SMARTS) is 1. The zero-order valence-corrected chi connectivity index (χ0v) is 11.5. The van der Waals surface area contributed by atoms with Crippen LogP contribution in [0.2, 0.25) is 0 Å². The van der Waals surface area contributed by atoms with Gasteiger partial charge in [-0.2, -0.15) is 0 Å². The van der Waals surface area contributed by atoms with E-state index >= 15 is 0 Å². The predicted molar refractivity (Wildman–Crippen MR) is 75.9 cm³/mol. The lowest BCUT2D eigenvalue weighted by atomic mass is 10.2. The van der Waals surface area contributed by atoms with E-state index in [4.69, 9.17) is 5.11 Å². The number of carboxylic acids is 1. The largest absolute Gasteiger partial charge is 0.480 e. The summed E-state index contributed by atoms with van der Waals surface area (Å²) in [4.78, 5) is 26.5. The molecule has 0 aliphatic carbocycles. The van der Waals surface area contributed by atoms with E-state index in [0.29, 0.717) is 13.1 Å². The summed E-state index contributed by atoms with van der Waals surface area (Å²) < 4.78 is 0. The second-order valence-corrected chi connectivity index (χ2v) is 4.82. The number of hydrogen-bond acceptors (Lipinski definition) is 3. The number of benzene rings is 1. The Bertz CT molecular complexity index is 470. The van der Waals surface area contributed by atoms with E-state index in [9.17, 15) is 9.59 Å². The fourth-order valence-corrected chi connectivity index (χ4v) is 2.14. The maximum absolute atomic E-state index is 11.9. The van der Waals surface area contributed by atoms with Crippen LogP contribution in [-0.2, 0) is 4.79 Å². The maximum Gasteiger partial charge on any atom is 0.325 e. The van der Waals surface area contributed by atoms with Crippen molar-refractivity contribution in [3.05, 3.63) is 30.3 Å². The highest BCUT2D eigenvalue weighted by atomic mass is 16.4. The summed E-state index contributed by atoms with van der Waals surface area (Å²) in [6, 6.07) is 8.86. The van der Waals surface area contributed by atoms with Gasteiger partial charge in [0.2, 0.25) is 0 Å². The van der Waals surface area contributed by atoms with Gasteiger partial charge in [0.15, 0.2) is 0 Å². The Balaban J connectivity index is 1.85. The van der Waals surface area contributed by atoms with Crippen molar-refractivity contribution in [3.63, 3.8) is 0 Å².